The lowest BCUT2D eigenvalue weighted by atomic mass is 10.0. The quantitative estimate of drug-likeness (QED) is 0.782. The predicted octanol–water partition coefficient (Wildman–Crippen LogP) is 1.26. The molecule has 0 saturated heterocycles. The molecule has 0 amide bonds. The summed E-state index contributed by atoms with van der Waals surface area (Å²) in [5.41, 5.74) is 8.52. The maximum Gasteiger partial charge on any atom is 0.260 e. The summed E-state index contributed by atoms with van der Waals surface area (Å²) in [5, 5.41) is 0.636. The maximum atomic E-state index is 11.9. The lowest BCUT2D eigenvalue weighted by Gasteiger charge is -2.11. The van der Waals surface area contributed by atoms with Crippen molar-refractivity contribution in [3.63, 3.8) is 0 Å². The molecule has 16 heavy (non-hydrogen) atoms. The molecule has 0 spiro atoms. The zero-order valence-electron chi connectivity index (χ0n) is 9.69. The number of fused-ring (bicyclic) bond motifs is 1. The number of aryl methyl sites for hydroxylation is 2. The van der Waals surface area contributed by atoms with E-state index in [1.165, 1.54) is 10.9 Å². The maximum absolute atomic E-state index is 11.9. The van der Waals surface area contributed by atoms with Crippen molar-refractivity contribution in [2.75, 3.05) is 0 Å². The zero-order chi connectivity index (χ0) is 11.9. The average molecular weight is 217 g/mol. The molecule has 0 bridgehead atoms. The van der Waals surface area contributed by atoms with Crippen molar-refractivity contribution in [1.82, 2.24) is 9.55 Å². The summed E-state index contributed by atoms with van der Waals surface area (Å²) < 4.78 is 1.48. The Balaban J connectivity index is 2.95. The molecule has 0 saturated carbocycles. The topological polar surface area (TPSA) is 60.9 Å². The number of hydrogen-bond acceptors (Lipinski definition) is 3. The van der Waals surface area contributed by atoms with Gasteiger partial charge in [0.05, 0.1) is 17.2 Å². The molecule has 1 unspecified atom stereocenters. The van der Waals surface area contributed by atoms with Crippen LogP contribution in [-0.2, 0) is 7.05 Å². The molecule has 2 aromatic rings. The number of benzene rings is 1. The van der Waals surface area contributed by atoms with Crippen molar-refractivity contribution in [2.45, 2.75) is 19.9 Å². The number of hydrogen-bond donors (Lipinski definition) is 1. The lowest BCUT2D eigenvalue weighted by Crippen LogP contribution is -2.18. The van der Waals surface area contributed by atoms with Gasteiger partial charge in [-0.1, -0.05) is 6.07 Å². The van der Waals surface area contributed by atoms with Crippen molar-refractivity contribution < 1.29 is 0 Å². The van der Waals surface area contributed by atoms with Crippen LogP contribution < -0.4 is 11.3 Å². The van der Waals surface area contributed by atoms with E-state index in [2.05, 4.69) is 4.98 Å². The average Bonchev–Trinajstić information content (AvgIpc) is 2.23. The SMILES string of the molecule is Cc1cc(C(C)N)c2ncn(C)c(=O)c2c1. The van der Waals surface area contributed by atoms with E-state index in [1.54, 1.807) is 7.05 Å². The highest BCUT2D eigenvalue weighted by molar-refractivity contribution is 5.82. The third-order valence-electron chi connectivity index (χ3n) is 2.69. The van der Waals surface area contributed by atoms with E-state index in [1.807, 2.05) is 26.0 Å². The number of nitrogens with zero attached hydrogens (tertiary/aromatic N) is 2. The molecule has 1 atom stereocenters. The van der Waals surface area contributed by atoms with Gasteiger partial charge < -0.3 is 10.3 Å². The van der Waals surface area contributed by atoms with Crippen LogP contribution in [0.15, 0.2) is 23.3 Å². The third kappa shape index (κ3) is 1.61. The van der Waals surface area contributed by atoms with E-state index >= 15 is 0 Å². The minimum Gasteiger partial charge on any atom is -0.324 e. The molecule has 0 aliphatic heterocycles. The van der Waals surface area contributed by atoms with E-state index in [0.717, 1.165) is 11.1 Å². The second-order valence-electron chi connectivity index (χ2n) is 4.20. The van der Waals surface area contributed by atoms with Crippen LogP contribution in [0.25, 0.3) is 10.9 Å². The van der Waals surface area contributed by atoms with Gasteiger partial charge in [0, 0.05) is 13.1 Å². The Hall–Kier alpha value is -1.68. The Morgan fingerprint density at radius 2 is 2.12 bits per heavy atom. The molecule has 4 heteroatoms. The highest BCUT2D eigenvalue weighted by atomic mass is 16.1. The van der Waals surface area contributed by atoms with Crippen molar-refractivity contribution in [2.24, 2.45) is 12.8 Å². The summed E-state index contributed by atoms with van der Waals surface area (Å²) >= 11 is 0. The Morgan fingerprint density at radius 1 is 1.44 bits per heavy atom. The summed E-state index contributed by atoms with van der Waals surface area (Å²) in [6.45, 7) is 3.85. The summed E-state index contributed by atoms with van der Waals surface area (Å²) in [6, 6.07) is 3.72. The van der Waals surface area contributed by atoms with Gasteiger partial charge in [0.25, 0.3) is 5.56 Å². The molecular formula is C12H15N3O. The van der Waals surface area contributed by atoms with E-state index in [4.69, 9.17) is 5.73 Å². The first-order valence-electron chi connectivity index (χ1n) is 5.22. The zero-order valence-corrected chi connectivity index (χ0v) is 9.69. The van der Waals surface area contributed by atoms with E-state index < -0.39 is 0 Å². The number of rotatable bonds is 1. The summed E-state index contributed by atoms with van der Waals surface area (Å²) in [5.74, 6) is 0. The molecule has 0 fully saturated rings. The summed E-state index contributed by atoms with van der Waals surface area (Å²) in [7, 11) is 1.70. The monoisotopic (exact) mass is 217 g/mol. The molecule has 1 aromatic heterocycles. The molecular weight excluding hydrogens is 202 g/mol. The first-order chi connectivity index (χ1) is 7.50. The standard InChI is InChI=1S/C12H15N3O/c1-7-4-9(8(2)13)11-10(5-7)12(16)15(3)6-14-11/h4-6,8H,13H2,1-3H3. The molecule has 1 heterocycles. The van der Waals surface area contributed by atoms with Gasteiger partial charge in [-0.2, -0.15) is 0 Å². The first-order valence-corrected chi connectivity index (χ1v) is 5.22. The van der Waals surface area contributed by atoms with Gasteiger partial charge >= 0.3 is 0 Å². The Bertz CT molecular complexity index is 599. The second kappa shape index (κ2) is 3.72. The van der Waals surface area contributed by atoms with Crippen LogP contribution in [0.4, 0.5) is 0 Å². The first kappa shape index (κ1) is 10.8. The molecule has 0 radical (unpaired) electrons. The van der Waals surface area contributed by atoms with E-state index in [9.17, 15) is 4.79 Å². The van der Waals surface area contributed by atoms with Gasteiger partial charge in [0.15, 0.2) is 0 Å². The smallest absolute Gasteiger partial charge is 0.260 e. The van der Waals surface area contributed by atoms with Gasteiger partial charge in [-0.15, -0.1) is 0 Å². The minimum atomic E-state index is -0.123. The van der Waals surface area contributed by atoms with E-state index in [0.29, 0.717) is 10.9 Å². The molecule has 1 aromatic carbocycles. The molecule has 4 nitrogen and oxygen atoms in total. The van der Waals surface area contributed by atoms with E-state index in [-0.39, 0.29) is 11.6 Å². The van der Waals surface area contributed by atoms with Crippen molar-refractivity contribution in [1.29, 1.82) is 0 Å². The largest absolute Gasteiger partial charge is 0.324 e. The van der Waals surface area contributed by atoms with Crippen LogP contribution in [0, 0.1) is 6.92 Å². The van der Waals surface area contributed by atoms with Gasteiger partial charge in [-0.3, -0.25) is 4.79 Å². The summed E-state index contributed by atoms with van der Waals surface area (Å²) in [6.07, 6.45) is 1.53. The Labute approximate surface area is 93.7 Å². The van der Waals surface area contributed by atoms with Gasteiger partial charge in [0.1, 0.15) is 0 Å². The van der Waals surface area contributed by atoms with Crippen molar-refractivity contribution in [3.05, 3.63) is 39.9 Å². The van der Waals surface area contributed by atoms with Crippen LogP contribution in [0.3, 0.4) is 0 Å². The van der Waals surface area contributed by atoms with Crippen LogP contribution in [-0.4, -0.2) is 9.55 Å². The van der Waals surface area contributed by atoms with Crippen molar-refractivity contribution in [3.8, 4) is 0 Å². The second-order valence-corrected chi connectivity index (χ2v) is 4.20. The fourth-order valence-electron chi connectivity index (χ4n) is 1.85. The van der Waals surface area contributed by atoms with Crippen LogP contribution >= 0.6 is 0 Å². The van der Waals surface area contributed by atoms with Crippen LogP contribution in [0.1, 0.15) is 24.1 Å². The van der Waals surface area contributed by atoms with Crippen LogP contribution in [0.5, 0.6) is 0 Å². The fraction of sp³-hybridized carbons (Fsp3) is 0.333. The Kier molecular flexibility index (Phi) is 2.52. The molecule has 0 aliphatic rings. The fourth-order valence-corrected chi connectivity index (χ4v) is 1.85. The molecule has 2 rings (SSSR count). The Morgan fingerprint density at radius 3 is 2.75 bits per heavy atom. The normalized spacial score (nSPS) is 13.0. The molecule has 2 N–H and O–H groups in total. The molecule has 84 valence electrons. The highest BCUT2D eigenvalue weighted by Gasteiger charge is 2.10. The van der Waals surface area contributed by atoms with Crippen molar-refractivity contribution >= 4 is 10.9 Å². The highest BCUT2D eigenvalue weighted by Crippen LogP contribution is 2.20. The third-order valence-corrected chi connectivity index (χ3v) is 2.69. The van der Waals surface area contributed by atoms with Crippen LogP contribution in [0.2, 0.25) is 0 Å². The lowest BCUT2D eigenvalue weighted by molar-refractivity contribution is 0.810. The summed E-state index contributed by atoms with van der Waals surface area (Å²) in [4.78, 5) is 16.2. The van der Waals surface area contributed by atoms with Gasteiger partial charge in [0.2, 0.25) is 0 Å². The number of aromatic nitrogens is 2. The predicted molar refractivity (Wildman–Crippen MR) is 64.3 cm³/mol. The van der Waals surface area contributed by atoms with Gasteiger partial charge in [-0.05, 0) is 31.0 Å². The number of nitrogens with two attached hydrogens (primary N) is 1. The van der Waals surface area contributed by atoms with Gasteiger partial charge in [-0.25, -0.2) is 4.98 Å². The minimum absolute atomic E-state index is 0.0319. The molecule has 0 aliphatic carbocycles.